The molecule has 56 valence electrons. The normalized spacial score (nSPS) is 13.7. The van der Waals surface area contributed by atoms with Crippen molar-refractivity contribution in [2.75, 3.05) is 13.2 Å². The van der Waals surface area contributed by atoms with Crippen LogP contribution in [0.1, 0.15) is 26.7 Å². The minimum atomic E-state index is 0.295. The Bertz CT molecular complexity index is 56.9. The van der Waals surface area contributed by atoms with Crippen LogP contribution in [-0.4, -0.2) is 24.3 Å². The van der Waals surface area contributed by atoms with Gasteiger partial charge in [0, 0.05) is 12.6 Å². The molecular formula is C7H17NO. The Kier molecular flexibility index (Phi) is 5.99. The highest BCUT2D eigenvalue weighted by Crippen LogP contribution is 1.86. The molecule has 0 bridgehead atoms. The maximum atomic E-state index is 8.41. The molecule has 2 N–H and O–H groups in total. The van der Waals surface area contributed by atoms with E-state index in [1.165, 1.54) is 0 Å². The zero-order chi connectivity index (χ0) is 7.11. The molecule has 0 aliphatic heterocycles. The topological polar surface area (TPSA) is 32.3 Å². The molecule has 0 amide bonds. The van der Waals surface area contributed by atoms with Gasteiger partial charge in [-0.1, -0.05) is 6.92 Å². The number of rotatable bonds is 5. The van der Waals surface area contributed by atoms with Gasteiger partial charge in [-0.3, -0.25) is 0 Å². The zero-order valence-electron chi connectivity index (χ0n) is 6.35. The Morgan fingerprint density at radius 1 is 1.56 bits per heavy atom. The van der Waals surface area contributed by atoms with Crippen molar-refractivity contribution in [1.82, 2.24) is 5.32 Å². The summed E-state index contributed by atoms with van der Waals surface area (Å²) in [5, 5.41) is 11.7. The van der Waals surface area contributed by atoms with Crippen molar-refractivity contribution < 1.29 is 5.11 Å². The van der Waals surface area contributed by atoms with Gasteiger partial charge in [0.25, 0.3) is 0 Å². The van der Waals surface area contributed by atoms with Gasteiger partial charge in [0.05, 0.1) is 0 Å². The highest BCUT2D eigenvalue weighted by molar-refractivity contribution is 4.55. The van der Waals surface area contributed by atoms with E-state index in [0.29, 0.717) is 12.6 Å². The first-order valence-electron chi connectivity index (χ1n) is 3.65. The van der Waals surface area contributed by atoms with Crippen molar-refractivity contribution in [3.63, 3.8) is 0 Å². The Balaban J connectivity index is 2.88. The van der Waals surface area contributed by atoms with E-state index in [-0.39, 0.29) is 0 Å². The van der Waals surface area contributed by atoms with Gasteiger partial charge in [-0.25, -0.2) is 0 Å². The van der Waals surface area contributed by atoms with Crippen molar-refractivity contribution in [3.05, 3.63) is 0 Å². The second-order valence-corrected chi connectivity index (χ2v) is 2.34. The number of aliphatic hydroxyl groups is 1. The standard InChI is InChI=1S/C7H17NO/c1-3-7(2)8-5-4-6-9/h7-9H,3-6H2,1-2H3. The average Bonchev–Trinajstić information content (AvgIpc) is 1.89. The highest BCUT2D eigenvalue weighted by atomic mass is 16.3. The smallest absolute Gasteiger partial charge is 0.0443 e. The van der Waals surface area contributed by atoms with E-state index in [2.05, 4.69) is 19.2 Å². The average molecular weight is 131 g/mol. The minimum Gasteiger partial charge on any atom is -0.396 e. The van der Waals surface area contributed by atoms with E-state index in [4.69, 9.17) is 5.11 Å². The van der Waals surface area contributed by atoms with Crippen LogP contribution in [0.3, 0.4) is 0 Å². The number of hydrogen-bond acceptors (Lipinski definition) is 2. The first-order valence-corrected chi connectivity index (χ1v) is 3.65. The molecule has 1 unspecified atom stereocenters. The molecule has 2 heteroatoms. The summed E-state index contributed by atoms with van der Waals surface area (Å²) < 4.78 is 0. The lowest BCUT2D eigenvalue weighted by atomic mass is 10.2. The molecule has 0 aliphatic rings. The maximum absolute atomic E-state index is 8.41. The van der Waals surface area contributed by atoms with Gasteiger partial charge in [0.15, 0.2) is 0 Å². The predicted molar refractivity (Wildman–Crippen MR) is 39.5 cm³/mol. The molecule has 0 aromatic carbocycles. The summed E-state index contributed by atoms with van der Waals surface area (Å²) in [6, 6.07) is 0.594. The van der Waals surface area contributed by atoms with Gasteiger partial charge in [0.1, 0.15) is 0 Å². The minimum absolute atomic E-state index is 0.295. The van der Waals surface area contributed by atoms with Crippen molar-refractivity contribution in [1.29, 1.82) is 0 Å². The van der Waals surface area contributed by atoms with Crippen molar-refractivity contribution in [2.45, 2.75) is 32.7 Å². The number of aliphatic hydroxyl groups excluding tert-OH is 1. The second-order valence-electron chi connectivity index (χ2n) is 2.34. The quantitative estimate of drug-likeness (QED) is 0.540. The summed E-state index contributed by atoms with van der Waals surface area (Å²) in [6.07, 6.45) is 2.02. The molecule has 2 nitrogen and oxygen atoms in total. The van der Waals surface area contributed by atoms with E-state index in [0.717, 1.165) is 19.4 Å². The van der Waals surface area contributed by atoms with E-state index < -0.39 is 0 Å². The zero-order valence-corrected chi connectivity index (χ0v) is 6.35. The predicted octanol–water partition coefficient (Wildman–Crippen LogP) is 0.757. The van der Waals surface area contributed by atoms with Crippen LogP contribution < -0.4 is 5.32 Å². The van der Waals surface area contributed by atoms with E-state index in [9.17, 15) is 0 Å². The fraction of sp³-hybridized carbons (Fsp3) is 1.00. The fourth-order valence-corrected chi connectivity index (χ4v) is 0.572. The summed E-state index contributed by atoms with van der Waals surface area (Å²) in [6.45, 7) is 5.53. The maximum Gasteiger partial charge on any atom is 0.0443 e. The lowest BCUT2D eigenvalue weighted by molar-refractivity contribution is 0.283. The monoisotopic (exact) mass is 131 g/mol. The molecule has 0 aromatic heterocycles. The van der Waals surface area contributed by atoms with Crippen LogP contribution in [0.4, 0.5) is 0 Å². The van der Waals surface area contributed by atoms with E-state index in [1.54, 1.807) is 0 Å². The molecule has 9 heavy (non-hydrogen) atoms. The molecule has 0 aliphatic carbocycles. The van der Waals surface area contributed by atoms with Crippen LogP contribution in [0, 0.1) is 0 Å². The summed E-state index contributed by atoms with van der Waals surface area (Å²) >= 11 is 0. The van der Waals surface area contributed by atoms with Crippen LogP contribution in [0.15, 0.2) is 0 Å². The first kappa shape index (κ1) is 8.92. The molecule has 1 atom stereocenters. The molecule has 0 saturated carbocycles. The van der Waals surface area contributed by atoms with Crippen molar-refractivity contribution in [2.24, 2.45) is 0 Å². The van der Waals surface area contributed by atoms with E-state index >= 15 is 0 Å². The van der Waals surface area contributed by atoms with Crippen LogP contribution >= 0.6 is 0 Å². The summed E-state index contributed by atoms with van der Waals surface area (Å²) in [5.41, 5.74) is 0. The Morgan fingerprint density at radius 3 is 2.67 bits per heavy atom. The van der Waals surface area contributed by atoms with Crippen LogP contribution in [0.2, 0.25) is 0 Å². The third-order valence-corrected chi connectivity index (χ3v) is 1.44. The van der Waals surface area contributed by atoms with Gasteiger partial charge < -0.3 is 10.4 Å². The molecule has 0 fully saturated rings. The van der Waals surface area contributed by atoms with Gasteiger partial charge in [0.2, 0.25) is 0 Å². The first-order chi connectivity index (χ1) is 4.31. The van der Waals surface area contributed by atoms with Crippen molar-refractivity contribution in [3.8, 4) is 0 Å². The molecule has 0 spiro atoms. The summed E-state index contributed by atoms with van der Waals surface area (Å²) in [4.78, 5) is 0. The Hall–Kier alpha value is -0.0800. The third kappa shape index (κ3) is 5.80. The van der Waals surface area contributed by atoms with Gasteiger partial charge in [-0.2, -0.15) is 0 Å². The molecule has 0 radical (unpaired) electrons. The van der Waals surface area contributed by atoms with Gasteiger partial charge in [-0.05, 0) is 26.3 Å². The lowest BCUT2D eigenvalue weighted by Crippen LogP contribution is -2.26. The number of hydrogen-bond donors (Lipinski definition) is 2. The third-order valence-electron chi connectivity index (χ3n) is 1.44. The summed E-state index contributed by atoms with van der Waals surface area (Å²) in [7, 11) is 0. The Labute approximate surface area is 57.3 Å². The molecule has 0 aromatic rings. The fourth-order valence-electron chi connectivity index (χ4n) is 0.572. The van der Waals surface area contributed by atoms with Crippen LogP contribution in [-0.2, 0) is 0 Å². The highest BCUT2D eigenvalue weighted by Gasteiger charge is 1.93. The van der Waals surface area contributed by atoms with Crippen molar-refractivity contribution >= 4 is 0 Å². The second kappa shape index (κ2) is 6.05. The van der Waals surface area contributed by atoms with E-state index in [1.807, 2.05) is 0 Å². The van der Waals surface area contributed by atoms with Gasteiger partial charge in [-0.15, -0.1) is 0 Å². The lowest BCUT2D eigenvalue weighted by Gasteiger charge is -2.09. The summed E-state index contributed by atoms with van der Waals surface area (Å²) in [5.74, 6) is 0. The SMILES string of the molecule is CCC(C)NCCCO. The largest absolute Gasteiger partial charge is 0.396 e. The number of nitrogens with one attached hydrogen (secondary N) is 1. The molecule has 0 rings (SSSR count). The molecule has 0 heterocycles. The Morgan fingerprint density at radius 2 is 2.22 bits per heavy atom. The van der Waals surface area contributed by atoms with Crippen LogP contribution in [0.25, 0.3) is 0 Å². The molecular weight excluding hydrogens is 114 g/mol. The van der Waals surface area contributed by atoms with Gasteiger partial charge >= 0.3 is 0 Å². The van der Waals surface area contributed by atoms with Crippen LogP contribution in [0.5, 0.6) is 0 Å². The molecule has 0 saturated heterocycles.